The van der Waals surface area contributed by atoms with Crippen LogP contribution in [0.15, 0.2) is 97.2 Å². The van der Waals surface area contributed by atoms with E-state index < -0.39 is 38.5 Å². The molecular formula is C36H34F4N4O6S. The fourth-order valence-electron chi connectivity index (χ4n) is 5.18. The lowest BCUT2D eigenvalue weighted by atomic mass is 10.0. The number of methoxy groups -OCH3 is 2. The fraction of sp³-hybridized carbons (Fsp3) is 0.250. The normalized spacial score (nSPS) is 12.2. The number of nitrogens with zero attached hydrogens (tertiary/aromatic N) is 4. The predicted molar refractivity (Wildman–Crippen MR) is 180 cm³/mol. The number of halogens is 4. The van der Waals surface area contributed by atoms with E-state index in [1.807, 2.05) is 0 Å². The SMILES string of the molecule is COc1ccc(CN(Cc2ccc(OC)cc2)S(=O)(=O)C(C)(C)C(=O)c2cccc(-c3ccn(Cc4cc(OC(F)(F)F)ccc4F)n3)n2)cc1. The Labute approximate surface area is 292 Å². The number of rotatable bonds is 14. The molecule has 268 valence electrons. The molecule has 0 unspecified atom stereocenters. The van der Waals surface area contributed by atoms with Gasteiger partial charge in [0.2, 0.25) is 15.8 Å². The van der Waals surface area contributed by atoms with Crippen LogP contribution < -0.4 is 14.2 Å². The number of benzene rings is 3. The molecule has 0 saturated carbocycles. The van der Waals surface area contributed by atoms with E-state index in [9.17, 15) is 30.8 Å². The summed E-state index contributed by atoms with van der Waals surface area (Å²) in [6.07, 6.45) is -3.48. The number of hydrogen-bond acceptors (Lipinski definition) is 8. The molecule has 0 bridgehead atoms. The van der Waals surface area contributed by atoms with Crippen molar-refractivity contribution in [1.29, 1.82) is 0 Å². The van der Waals surface area contributed by atoms with Crippen LogP contribution >= 0.6 is 0 Å². The Bertz CT molecular complexity index is 2050. The van der Waals surface area contributed by atoms with Crippen molar-refractivity contribution in [2.75, 3.05) is 14.2 Å². The van der Waals surface area contributed by atoms with Gasteiger partial charge in [-0.05, 0) is 85.6 Å². The zero-order chi connectivity index (χ0) is 37.0. The van der Waals surface area contributed by atoms with Gasteiger partial charge in [0.15, 0.2) is 0 Å². The lowest BCUT2D eigenvalue weighted by Crippen LogP contribution is -2.49. The van der Waals surface area contributed by atoms with Gasteiger partial charge < -0.3 is 14.2 Å². The molecule has 15 heteroatoms. The highest BCUT2D eigenvalue weighted by atomic mass is 32.2. The number of alkyl halides is 3. The Kier molecular flexibility index (Phi) is 10.8. The Morgan fingerprint density at radius 3 is 1.92 bits per heavy atom. The van der Waals surface area contributed by atoms with E-state index in [1.54, 1.807) is 54.6 Å². The summed E-state index contributed by atoms with van der Waals surface area (Å²) < 4.78 is 96.2. The zero-order valence-electron chi connectivity index (χ0n) is 28.0. The molecule has 0 atom stereocenters. The number of ketones is 1. The highest BCUT2D eigenvalue weighted by Crippen LogP contribution is 2.30. The maximum absolute atomic E-state index is 14.4. The number of carbonyl (C=O) groups excluding carboxylic acids is 1. The summed E-state index contributed by atoms with van der Waals surface area (Å²) in [5, 5.41) is 4.35. The first kappa shape index (κ1) is 37.0. The quantitative estimate of drug-likeness (QED) is 0.0885. The monoisotopic (exact) mass is 726 g/mol. The summed E-state index contributed by atoms with van der Waals surface area (Å²) in [7, 11) is -1.30. The van der Waals surface area contributed by atoms with Crippen molar-refractivity contribution in [3.63, 3.8) is 0 Å². The van der Waals surface area contributed by atoms with E-state index in [0.29, 0.717) is 22.6 Å². The number of pyridine rings is 1. The third kappa shape index (κ3) is 8.72. The minimum Gasteiger partial charge on any atom is -0.497 e. The average molecular weight is 727 g/mol. The topological polar surface area (TPSA) is 113 Å². The van der Waals surface area contributed by atoms with Crippen LogP contribution in [0.25, 0.3) is 11.4 Å². The second-order valence-corrected chi connectivity index (χ2v) is 14.4. The number of sulfonamides is 1. The molecule has 0 aliphatic heterocycles. The van der Waals surface area contributed by atoms with Crippen molar-refractivity contribution >= 4 is 15.8 Å². The lowest BCUT2D eigenvalue weighted by Gasteiger charge is -2.31. The van der Waals surface area contributed by atoms with Crippen LogP contribution in [-0.2, 0) is 29.7 Å². The lowest BCUT2D eigenvalue weighted by molar-refractivity contribution is -0.274. The van der Waals surface area contributed by atoms with Crippen LogP contribution in [0.1, 0.15) is 41.0 Å². The van der Waals surface area contributed by atoms with Gasteiger partial charge in [0.05, 0.1) is 26.5 Å². The molecule has 10 nitrogen and oxygen atoms in total. The number of Topliss-reactive ketones (excluding diaryl/α,β-unsaturated/α-hetero) is 1. The van der Waals surface area contributed by atoms with E-state index in [1.165, 1.54) is 61.5 Å². The summed E-state index contributed by atoms with van der Waals surface area (Å²) in [6.45, 7) is 2.35. The molecule has 0 aliphatic rings. The van der Waals surface area contributed by atoms with Crippen molar-refractivity contribution < 1.29 is 45.0 Å². The smallest absolute Gasteiger partial charge is 0.497 e. The van der Waals surface area contributed by atoms with Crippen molar-refractivity contribution in [1.82, 2.24) is 19.1 Å². The van der Waals surface area contributed by atoms with Crippen LogP contribution in [0.4, 0.5) is 17.6 Å². The summed E-state index contributed by atoms with van der Waals surface area (Å²) in [4.78, 5) is 18.5. The van der Waals surface area contributed by atoms with E-state index in [-0.39, 0.29) is 42.3 Å². The van der Waals surface area contributed by atoms with Gasteiger partial charge in [-0.1, -0.05) is 30.3 Å². The van der Waals surface area contributed by atoms with Gasteiger partial charge in [-0.15, -0.1) is 13.2 Å². The van der Waals surface area contributed by atoms with Gasteiger partial charge in [0.25, 0.3) is 0 Å². The van der Waals surface area contributed by atoms with Crippen LogP contribution in [0, 0.1) is 5.82 Å². The Hall–Kier alpha value is -5.28. The third-order valence-corrected chi connectivity index (χ3v) is 10.4. The van der Waals surface area contributed by atoms with Gasteiger partial charge in [0, 0.05) is 24.8 Å². The number of aromatic nitrogens is 3. The van der Waals surface area contributed by atoms with Gasteiger partial charge >= 0.3 is 6.36 Å². The molecule has 2 aromatic heterocycles. The Morgan fingerprint density at radius 1 is 0.804 bits per heavy atom. The molecule has 5 rings (SSSR count). The first-order valence-electron chi connectivity index (χ1n) is 15.4. The predicted octanol–water partition coefficient (Wildman–Crippen LogP) is 7.04. The van der Waals surface area contributed by atoms with Crippen molar-refractivity contribution in [2.45, 2.75) is 44.6 Å². The summed E-state index contributed by atoms with van der Waals surface area (Å²) in [6, 6.07) is 22.5. The third-order valence-electron chi connectivity index (χ3n) is 8.04. The van der Waals surface area contributed by atoms with Crippen molar-refractivity contribution in [3.05, 3.63) is 125 Å². The van der Waals surface area contributed by atoms with Crippen molar-refractivity contribution in [3.8, 4) is 28.6 Å². The highest BCUT2D eigenvalue weighted by Gasteiger charge is 2.46. The second kappa shape index (κ2) is 14.9. The molecule has 0 fully saturated rings. The van der Waals surface area contributed by atoms with Gasteiger partial charge in [-0.25, -0.2) is 17.8 Å². The van der Waals surface area contributed by atoms with Crippen LogP contribution in [0.3, 0.4) is 0 Å². The highest BCUT2D eigenvalue weighted by molar-refractivity contribution is 7.91. The Morgan fingerprint density at radius 2 is 1.37 bits per heavy atom. The largest absolute Gasteiger partial charge is 0.573 e. The molecule has 0 saturated heterocycles. The van der Waals surface area contributed by atoms with Crippen LogP contribution in [0.5, 0.6) is 17.2 Å². The molecule has 0 spiro atoms. The second-order valence-electron chi connectivity index (χ2n) is 11.9. The minimum absolute atomic E-state index is 0.0359. The maximum Gasteiger partial charge on any atom is 0.573 e. The van der Waals surface area contributed by atoms with E-state index in [4.69, 9.17) is 9.47 Å². The Balaban J connectivity index is 1.40. The molecule has 51 heavy (non-hydrogen) atoms. The molecule has 2 heterocycles. The number of hydrogen-bond donors (Lipinski definition) is 0. The van der Waals surface area contributed by atoms with E-state index in [2.05, 4.69) is 14.8 Å². The standard InChI is InChI=1S/C36H34F4N4O6S/c1-35(2,51(46,47)44(21-24-8-12-27(48-3)13-9-24)22-25-10-14-28(49-4)15-11-25)34(45)33-7-5-6-31(41-33)32-18-19-43(42-32)23-26-20-29(16-17-30(26)37)50-36(38,39)40/h5-20H,21-23H2,1-4H3. The first-order valence-corrected chi connectivity index (χ1v) is 16.9. The van der Waals surface area contributed by atoms with Gasteiger partial charge in [-0.3, -0.25) is 9.48 Å². The fourth-order valence-corrected chi connectivity index (χ4v) is 6.80. The molecule has 0 radical (unpaired) electrons. The zero-order valence-corrected chi connectivity index (χ0v) is 28.8. The average Bonchev–Trinajstić information content (AvgIpc) is 3.57. The molecular weight excluding hydrogens is 692 g/mol. The molecule has 0 amide bonds. The molecule has 0 aliphatic carbocycles. The van der Waals surface area contributed by atoms with E-state index >= 15 is 0 Å². The number of carbonyl (C=O) groups is 1. The molecule has 5 aromatic rings. The first-order chi connectivity index (χ1) is 24.1. The maximum atomic E-state index is 14.4. The summed E-state index contributed by atoms with van der Waals surface area (Å²) in [5.74, 6) is -0.896. The minimum atomic E-state index is -4.94. The van der Waals surface area contributed by atoms with Crippen LogP contribution in [0.2, 0.25) is 0 Å². The molecule has 0 N–H and O–H groups in total. The molecule has 3 aromatic carbocycles. The number of ether oxygens (including phenoxy) is 3. The summed E-state index contributed by atoms with van der Waals surface area (Å²) >= 11 is 0. The van der Waals surface area contributed by atoms with Crippen LogP contribution in [-0.4, -0.2) is 58.6 Å². The summed E-state index contributed by atoms with van der Waals surface area (Å²) in [5.41, 5.74) is 1.58. The van der Waals surface area contributed by atoms with Crippen molar-refractivity contribution in [2.24, 2.45) is 0 Å². The van der Waals surface area contributed by atoms with Gasteiger partial charge in [-0.2, -0.15) is 9.40 Å². The van der Waals surface area contributed by atoms with E-state index in [0.717, 1.165) is 18.2 Å². The van der Waals surface area contributed by atoms with Gasteiger partial charge in [0.1, 0.15) is 39.2 Å².